The van der Waals surface area contributed by atoms with Gasteiger partial charge in [-0.05, 0) is 28.1 Å². The molecular weight excluding hydrogens is 368 g/mol. The van der Waals surface area contributed by atoms with Gasteiger partial charge in [0.2, 0.25) is 0 Å². The molecule has 0 aromatic heterocycles. The minimum absolute atomic E-state index is 0.0255. The van der Waals surface area contributed by atoms with E-state index in [1.807, 2.05) is 6.07 Å². The highest BCUT2D eigenvalue weighted by Crippen LogP contribution is 2.37. The monoisotopic (exact) mass is 376 g/mol. The van der Waals surface area contributed by atoms with Crippen molar-refractivity contribution in [3.8, 4) is 17.6 Å². The molecule has 2 aromatic carbocycles. The molecule has 0 N–H and O–H groups in total. The number of carbonyl (C=O) groups excluding carboxylic acids is 1. The molecule has 0 saturated carbocycles. The van der Waals surface area contributed by atoms with E-state index in [1.165, 1.54) is 37.4 Å². The maximum Gasteiger partial charge on any atom is 0.343 e. The van der Waals surface area contributed by atoms with Crippen LogP contribution in [0.25, 0.3) is 0 Å². The summed E-state index contributed by atoms with van der Waals surface area (Å²) in [5, 5.41) is 19.7. The Morgan fingerprint density at radius 2 is 2.09 bits per heavy atom. The van der Waals surface area contributed by atoms with Crippen molar-refractivity contribution in [2.45, 2.75) is 0 Å². The van der Waals surface area contributed by atoms with E-state index >= 15 is 0 Å². The third kappa shape index (κ3) is 3.64. The van der Waals surface area contributed by atoms with Gasteiger partial charge in [-0.1, -0.05) is 6.07 Å². The van der Waals surface area contributed by atoms with E-state index in [0.717, 1.165) is 6.07 Å². The zero-order valence-corrected chi connectivity index (χ0v) is 13.4. The Bertz CT molecular complexity index is 829. The van der Waals surface area contributed by atoms with Crippen LogP contribution in [0.3, 0.4) is 0 Å². The lowest BCUT2D eigenvalue weighted by Crippen LogP contribution is -2.10. The normalized spacial score (nSPS) is 9.78. The van der Waals surface area contributed by atoms with Crippen LogP contribution in [0.1, 0.15) is 15.9 Å². The fourth-order valence-corrected chi connectivity index (χ4v) is 2.30. The van der Waals surface area contributed by atoms with Gasteiger partial charge in [-0.3, -0.25) is 10.1 Å². The third-order valence-electron chi connectivity index (χ3n) is 2.85. The summed E-state index contributed by atoms with van der Waals surface area (Å²) in [6.45, 7) is 0. The van der Waals surface area contributed by atoms with Crippen molar-refractivity contribution in [2.24, 2.45) is 0 Å². The molecule has 0 unspecified atom stereocenters. The SMILES string of the molecule is COc1cc(C#N)cc(Br)c1OC(=O)c1cccc([N+](=O)[O-])c1. The zero-order chi connectivity index (χ0) is 17.0. The number of rotatable bonds is 4. The highest BCUT2D eigenvalue weighted by atomic mass is 79.9. The van der Waals surface area contributed by atoms with Gasteiger partial charge in [0.15, 0.2) is 11.5 Å². The van der Waals surface area contributed by atoms with E-state index in [9.17, 15) is 14.9 Å². The second kappa shape index (κ2) is 6.89. The molecular formula is C15H9BrN2O5. The fraction of sp³-hybridized carbons (Fsp3) is 0.0667. The van der Waals surface area contributed by atoms with E-state index in [1.54, 1.807) is 0 Å². The van der Waals surface area contributed by atoms with E-state index in [2.05, 4.69) is 15.9 Å². The molecule has 2 rings (SSSR count). The second-order valence-corrected chi connectivity index (χ2v) is 5.15. The van der Waals surface area contributed by atoms with Crippen LogP contribution >= 0.6 is 15.9 Å². The number of benzene rings is 2. The number of nitriles is 1. The number of nitro benzene ring substituents is 1. The van der Waals surface area contributed by atoms with Crippen molar-refractivity contribution >= 4 is 27.6 Å². The summed E-state index contributed by atoms with van der Waals surface area (Å²) < 4.78 is 10.7. The number of halogens is 1. The third-order valence-corrected chi connectivity index (χ3v) is 3.44. The number of nitro groups is 1. The number of non-ortho nitro benzene ring substituents is 1. The lowest BCUT2D eigenvalue weighted by atomic mass is 10.2. The number of nitrogens with zero attached hydrogens (tertiary/aromatic N) is 2. The molecule has 0 atom stereocenters. The van der Waals surface area contributed by atoms with Crippen molar-refractivity contribution in [1.82, 2.24) is 0 Å². The van der Waals surface area contributed by atoms with E-state index in [0.29, 0.717) is 10.0 Å². The molecule has 8 heteroatoms. The number of carbonyl (C=O) groups is 1. The van der Waals surface area contributed by atoms with Crippen LogP contribution in [-0.4, -0.2) is 18.0 Å². The molecule has 7 nitrogen and oxygen atoms in total. The highest BCUT2D eigenvalue weighted by Gasteiger charge is 2.18. The highest BCUT2D eigenvalue weighted by molar-refractivity contribution is 9.10. The maximum atomic E-state index is 12.2. The quantitative estimate of drug-likeness (QED) is 0.350. The predicted octanol–water partition coefficient (Wildman–Crippen LogP) is 3.46. The number of esters is 1. The molecule has 0 fully saturated rings. The number of hydrogen-bond acceptors (Lipinski definition) is 6. The van der Waals surface area contributed by atoms with Crippen LogP contribution in [0.5, 0.6) is 11.5 Å². The minimum Gasteiger partial charge on any atom is -0.493 e. The number of hydrogen-bond donors (Lipinski definition) is 0. The van der Waals surface area contributed by atoms with Crippen LogP contribution in [-0.2, 0) is 0 Å². The zero-order valence-electron chi connectivity index (χ0n) is 11.8. The summed E-state index contributed by atoms with van der Waals surface area (Å²) in [5.41, 5.74) is 0.131. The maximum absolute atomic E-state index is 12.2. The Hall–Kier alpha value is -2.92. The van der Waals surface area contributed by atoms with Crippen molar-refractivity contribution in [3.05, 3.63) is 62.1 Å². The van der Waals surface area contributed by atoms with Crippen molar-refractivity contribution in [3.63, 3.8) is 0 Å². The Labute approximate surface area is 139 Å². The number of methoxy groups -OCH3 is 1. The van der Waals surface area contributed by atoms with Crippen LogP contribution in [0, 0.1) is 21.4 Å². The van der Waals surface area contributed by atoms with Gasteiger partial charge >= 0.3 is 5.97 Å². The van der Waals surface area contributed by atoms with Gasteiger partial charge in [-0.25, -0.2) is 4.79 Å². The van der Waals surface area contributed by atoms with Crippen molar-refractivity contribution in [2.75, 3.05) is 7.11 Å². The summed E-state index contributed by atoms with van der Waals surface area (Å²) in [7, 11) is 1.37. The molecule has 0 spiro atoms. The predicted molar refractivity (Wildman–Crippen MR) is 83.5 cm³/mol. The molecule has 2 aromatic rings. The van der Waals surface area contributed by atoms with Crippen LogP contribution in [0.15, 0.2) is 40.9 Å². The molecule has 0 heterocycles. The molecule has 0 radical (unpaired) electrons. The van der Waals surface area contributed by atoms with Crippen molar-refractivity contribution in [1.29, 1.82) is 5.26 Å². The molecule has 0 aliphatic rings. The molecule has 116 valence electrons. The summed E-state index contributed by atoms with van der Waals surface area (Å²) in [4.78, 5) is 22.3. The summed E-state index contributed by atoms with van der Waals surface area (Å²) in [6.07, 6.45) is 0. The lowest BCUT2D eigenvalue weighted by Gasteiger charge is -2.11. The van der Waals surface area contributed by atoms with Gasteiger partial charge in [0, 0.05) is 18.2 Å². The summed E-state index contributed by atoms with van der Waals surface area (Å²) in [6, 6.07) is 10.0. The molecule has 0 bridgehead atoms. The minimum atomic E-state index is -0.780. The Morgan fingerprint density at radius 1 is 1.35 bits per heavy atom. The summed E-state index contributed by atoms with van der Waals surface area (Å²) in [5.74, 6) is -0.505. The van der Waals surface area contributed by atoms with E-state index in [4.69, 9.17) is 14.7 Å². The van der Waals surface area contributed by atoms with Gasteiger partial charge in [-0.2, -0.15) is 5.26 Å². The van der Waals surface area contributed by atoms with Gasteiger partial charge in [0.25, 0.3) is 5.69 Å². The Kier molecular flexibility index (Phi) is 4.93. The lowest BCUT2D eigenvalue weighted by molar-refractivity contribution is -0.384. The molecule has 23 heavy (non-hydrogen) atoms. The second-order valence-electron chi connectivity index (χ2n) is 4.30. The smallest absolute Gasteiger partial charge is 0.343 e. The van der Waals surface area contributed by atoms with Gasteiger partial charge in [0.1, 0.15) is 0 Å². The standard InChI is InChI=1S/C15H9BrN2O5/c1-22-13-6-9(8-17)5-12(16)14(13)23-15(19)10-3-2-4-11(7-10)18(20)21/h2-7H,1H3. The van der Waals surface area contributed by atoms with Crippen LogP contribution in [0.2, 0.25) is 0 Å². The number of ether oxygens (including phenoxy) is 2. The first-order valence-electron chi connectivity index (χ1n) is 6.20. The molecule has 0 aliphatic carbocycles. The summed E-state index contributed by atoms with van der Waals surface area (Å²) >= 11 is 3.20. The van der Waals surface area contributed by atoms with Crippen LogP contribution < -0.4 is 9.47 Å². The molecule has 0 amide bonds. The first kappa shape index (κ1) is 16.5. The average molecular weight is 377 g/mol. The van der Waals surface area contributed by atoms with E-state index in [-0.39, 0.29) is 22.7 Å². The van der Waals surface area contributed by atoms with E-state index < -0.39 is 10.9 Å². The molecule has 0 saturated heterocycles. The van der Waals surface area contributed by atoms with Gasteiger partial charge < -0.3 is 9.47 Å². The largest absolute Gasteiger partial charge is 0.493 e. The Balaban J connectivity index is 2.36. The Morgan fingerprint density at radius 3 is 2.70 bits per heavy atom. The van der Waals surface area contributed by atoms with Gasteiger partial charge in [-0.15, -0.1) is 0 Å². The first-order chi connectivity index (χ1) is 11.0. The van der Waals surface area contributed by atoms with Gasteiger partial charge in [0.05, 0.1) is 33.7 Å². The first-order valence-corrected chi connectivity index (χ1v) is 7.00. The van der Waals surface area contributed by atoms with Crippen molar-refractivity contribution < 1.29 is 19.2 Å². The molecule has 0 aliphatic heterocycles. The average Bonchev–Trinajstić information content (AvgIpc) is 2.56. The topological polar surface area (TPSA) is 102 Å². The van der Waals surface area contributed by atoms with Crippen LogP contribution in [0.4, 0.5) is 5.69 Å². The fourth-order valence-electron chi connectivity index (χ4n) is 1.78.